The molecular weight excluding hydrogens is 430 g/mol. The Hall–Kier alpha value is -1.47. The first kappa shape index (κ1) is 17.4. The predicted octanol–water partition coefficient (Wildman–Crippen LogP) is 5.14. The second-order valence-electron chi connectivity index (χ2n) is 4.88. The highest BCUT2D eigenvalue weighted by Crippen LogP contribution is 2.34. The highest BCUT2D eigenvalue weighted by Gasteiger charge is 2.37. The van der Waals surface area contributed by atoms with Crippen LogP contribution in [-0.4, -0.2) is 21.0 Å². The SMILES string of the molecule is O=C1C(=Cc2cccc(Br)c2)SC(=S)N1C(=O)c1ccc(Cl)cc1. The molecule has 0 atom stereocenters. The van der Waals surface area contributed by atoms with Gasteiger partial charge in [-0.3, -0.25) is 9.59 Å². The molecular formula is C17H9BrClNO2S2. The summed E-state index contributed by atoms with van der Waals surface area (Å²) in [6, 6.07) is 13.9. The zero-order valence-electron chi connectivity index (χ0n) is 12.0. The molecule has 120 valence electrons. The van der Waals surface area contributed by atoms with Crippen molar-refractivity contribution in [3.8, 4) is 0 Å². The smallest absolute Gasteiger partial charge is 0.268 e. The highest BCUT2D eigenvalue weighted by atomic mass is 79.9. The Bertz CT molecular complexity index is 880. The molecule has 24 heavy (non-hydrogen) atoms. The first-order valence-corrected chi connectivity index (χ1v) is 9.19. The highest BCUT2D eigenvalue weighted by molar-refractivity contribution is 9.10. The van der Waals surface area contributed by atoms with Gasteiger partial charge >= 0.3 is 0 Å². The maximum atomic E-state index is 12.6. The quantitative estimate of drug-likeness (QED) is 0.369. The Morgan fingerprint density at radius 3 is 2.58 bits per heavy atom. The fourth-order valence-electron chi connectivity index (χ4n) is 2.11. The summed E-state index contributed by atoms with van der Waals surface area (Å²) >= 11 is 15.5. The lowest BCUT2D eigenvalue weighted by Gasteiger charge is -2.12. The van der Waals surface area contributed by atoms with E-state index >= 15 is 0 Å². The van der Waals surface area contributed by atoms with Crippen molar-refractivity contribution in [2.45, 2.75) is 0 Å². The van der Waals surface area contributed by atoms with Crippen molar-refractivity contribution in [1.29, 1.82) is 0 Å². The first-order chi connectivity index (χ1) is 11.5. The van der Waals surface area contributed by atoms with E-state index in [0.717, 1.165) is 26.7 Å². The van der Waals surface area contributed by atoms with Crippen molar-refractivity contribution >= 4 is 73.7 Å². The summed E-state index contributed by atoms with van der Waals surface area (Å²) in [4.78, 5) is 26.6. The van der Waals surface area contributed by atoms with Gasteiger partial charge in [-0.15, -0.1) is 0 Å². The number of halogens is 2. The van der Waals surface area contributed by atoms with E-state index in [0.29, 0.717) is 15.5 Å². The van der Waals surface area contributed by atoms with Crippen LogP contribution in [0, 0.1) is 0 Å². The molecule has 2 amide bonds. The summed E-state index contributed by atoms with van der Waals surface area (Å²) < 4.78 is 1.13. The van der Waals surface area contributed by atoms with Gasteiger partial charge in [-0.2, -0.15) is 0 Å². The van der Waals surface area contributed by atoms with E-state index in [1.165, 1.54) is 0 Å². The van der Waals surface area contributed by atoms with Gasteiger partial charge in [0.25, 0.3) is 11.8 Å². The van der Waals surface area contributed by atoms with Gasteiger partial charge in [0, 0.05) is 15.1 Å². The Morgan fingerprint density at radius 1 is 1.21 bits per heavy atom. The summed E-state index contributed by atoms with van der Waals surface area (Å²) in [5.41, 5.74) is 1.21. The van der Waals surface area contributed by atoms with Gasteiger partial charge in [-0.05, 0) is 48.0 Å². The van der Waals surface area contributed by atoms with Crippen molar-refractivity contribution in [3.05, 3.63) is 74.1 Å². The van der Waals surface area contributed by atoms with Gasteiger partial charge in [0.1, 0.15) is 0 Å². The van der Waals surface area contributed by atoms with E-state index in [1.807, 2.05) is 24.3 Å². The molecule has 1 aliphatic heterocycles. The Morgan fingerprint density at radius 2 is 1.92 bits per heavy atom. The molecule has 0 bridgehead atoms. The maximum Gasteiger partial charge on any atom is 0.273 e. The molecule has 0 spiro atoms. The third kappa shape index (κ3) is 3.62. The molecule has 0 aliphatic carbocycles. The third-order valence-corrected chi connectivity index (χ3v) is 5.28. The van der Waals surface area contributed by atoms with E-state index in [4.69, 9.17) is 23.8 Å². The fourth-order valence-corrected chi connectivity index (χ4v) is 3.91. The number of amides is 2. The topological polar surface area (TPSA) is 37.4 Å². The Kier molecular flexibility index (Phi) is 5.20. The number of hydrogen-bond donors (Lipinski definition) is 0. The second kappa shape index (κ2) is 7.19. The minimum Gasteiger partial charge on any atom is -0.268 e. The predicted molar refractivity (Wildman–Crippen MR) is 105 cm³/mol. The van der Waals surface area contributed by atoms with Crippen molar-refractivity contribution < 1.29 is 9.59 Å². The number of thiocarbonyl (C=S) groups is 1. The number of carbonyl (C=O) groups excluding carboxylic acids is 2. The van der Waals surface area contributed by atoms with E-state index in [1.54, 1.807) is 30.3 Å². The standard InChI is InChI=1S/C17H9BrClNO2S2/c18-12-3-1-2-10(8-12)9-14-16(22)20(17(23)24-14)15(21)11-4-6-13(19)7-5-11/h1-9H. The fraction of sp³-hybridized carbons (Fsp3) is 0. The number of thioether (sulfide) groups is 1. The van der Waals surface area contributed by atoms with Crippen LogP contribution < -0.4 is 0 Å². The zero-order valence-corrected chi connectivity index (χ0v) is 16.0. The molecule has 3 nitrogen and oxygen atoms in total. The minimum absolute atomic E-state index is 0.223. The van der Waals surface area contributed by atoms with Crippen LogP contribution in [0.2, 0.25) is 5.02 Å². The second-order valence-corrected chi connectivity index (χ2v) is 7.91. The molecule has 0 unspecified atom stereocenters. The lowest BCUT2D eigenvalue weighted by atomic mass is 10.2. The molecule has 7 heteroatoms. The van der Waals surface area contributed by atoms with Crippen molar-refractivity contribution in [3.63, 3.8) is 0 Å². The first-order valence-electron chi connectivity index (χ1n) is 6.79. The summed E-state index contributed by atoms with van der Waals surface area (Å²) in [5, 5.41) is 0.520. The number of hydrogen-bond acceptors (Lipinski definition) is 4. The van der Waals surface area contributed by atoms with Gasteiger partial charge in [0.05, 0.1) is 4.91 Å². The molecule has 0 N–H and O–H groups in total. The van der Waals surface area contributed by atoms with Crippen molar-refractivity contribution in [2.75, 3.05) is 0 Å². The van der Waals surface area contributed by atoms with Crippen LogP contribution in [0.5, 0.6) is 0 Å². The van der Waals surface area contributed by atoms with Crippen LogP contribution in [0.15, 0.2) is 57.9 Å². The normalized spacial score (nSPS) is 16.1. The lowest BCUT2D eigenvalue weighted by molar-refractivity contribution is -0.120. The average Bonchev–Trinajstić information content (AvgIpc) is 2.81. The summed E-state index contributed by atoms with van der Waals surface area (Å²) in [6.45, 7) is 0. The lowest BCUT2D eigenvalue weighted by Crippen LogP contribution is -2.34. The van der Waals surface area contributed by atoms with Crippen LogP contribution in [0.25, 0.3) is 6.08 Å². The minimum atomic E-state index is -0.452. The average molecular weight is 439 g/mol. The molecule has 1 fully saturated rings. The van der Waals surface area contributed by atoms with Crippen LogP contribution in [0.4, 0.5) is 0 Å². The number of carbonyl (C=O) groups is 2. The van der Waals surface area contributed by atoms with Crippen LogP contribution >= 0.6 is 51.5 Å². The maximum absolute atomic E-state index is 12.6. The van der Waals surface area contributed by atoms with E-state index in [9.17, 15) is 9.59 Å². The van der Waals surface area contributed by atoms with Gasteiger partial charge in [0.15, 0.2) is 4.32 Å². The Balaban J connectivity index is 1.89. The summed E-state index contributed by atoms with van der Waals surface area (Å²) in [5.74, 6) is -0.864. The summed E-state index contributed by atoms with van der Waals surface area (Å²) in [6.07, 6.45) is 1.72. The Labute approximate surface area is 161 Å². The number of imide groups is 1. The van der Waals surface area contributed by atoms with Crippen LogP contribution in [0.1, 0.15) is 15.9 Å². The number of benzene rings is 2. The van der Waals surface area contributed by atoms with Crippen molar-refractivity contribution in [1.82, 2.24) is 4.90 Å². The largest absolute Gasteiger partial charge is 0.273 e. The number of nitrogens with zero attached hydrogens (tertiary/aromatic N) is 1. The molecule has 2 aromatic carbocycles. The molecule has 2 aromatic rings. The molecule has 1 aliphatic rings. The van der Waals surface area contributed by atoms with E-state index in [2.05, 4.69) is 15.9 Å². The van der Waals surface area contributed by atoms with Crippen molar-refractivity contribution in [2.24, 2.45) is 0 Å². The molecule has 1 saturated heterocycles. The molecule has 3 rings (SSSR count). The van der Waals surface area contributed by atoms with Crippen LogP contribution in [-0.2, 0) is 4.79 Å². The monoisotopic (exact) mass is 437 g/mol. The van der Waals surface area contributed by atoms with Gasteiger partial charge < -0.3 is 0 Å². The van der Waals surface area contributed by atoms with Gasteiger partial charge in [0.2, 0.25) is 0 Å². The number of rotatable bonds is 2. The molecule has 0 aromatic heterocycles. The van der Waals surface area contributed by atoms with E-state index < -0.39 is 11.8 Å². The van der Waals surface area contributed by atoms with Gasteiger partial charge in [-0.25, -0.2) is 4.90 Å². The third-order valence-electron chi connectivity index (χ3n) is 3.23. The van der Waals surface area contributed by atoms with Gasteiger partial charge in [-0.1, -0.05) is 63.6 Å². The zero-order chi connectivity index (χ0) is 17.3. The molecule has 1 heterocycles. The van der Waals surface area contributed by atoms with Crippen LogP contribution in [0.3, 0.4) is 0 Å². The molecule has 0 saturated carbocycles. The molecule has 0 radical (unpaired) electrons. The van der Waals surface area contributed by atoms with E-state index in [-0.39, 0.29) is 4.32 Å². The summed E-state index contributed by atoms with van der Waals surface area (Å²) in [7, 11) is 0.